The molecule has 0 amide bonds. The van der Waals surface area contributed by atoms with E-state index in [9.17, 15) is 9.59 Å². The molecule has 0 spiro atoms. The zero-order valence-electron chi connectivity index (χ0n) is 17.1. The summed E-state index contributed by atoms with van der Waals surface area (Å²) in [4.78, 5) is 25.2. The first-order chi connectivity index (χ1) is 14.0. The van der Waals surface area contributed by atoms with Crippen molar-refractivity contribution in [1.29, 1.82) is 0 Å². The van der Waals surface area contributed by atoms with Gasteiger partial charge in [-0.1, -0.05) is 18.2 Å². The number of esters is 1. The van der Waals surface area contributed by atoms with Gasteiger partial charge in [-0.2, -0.15) is 0 Å². The van der Waals surface area contributed by atoms with Gasteiger partial charge in [0.1, 0.15) is 5.58 Å². The Morgan fingerprint density at radius 2 is 1.86 bits per heavy atom. The van der Waals surface area contributed by atoms with Crippen molar-refractivity contribution in [3.05, 3.63) is 58.6 Å². The lowest BCUT2D eigenvalue weighted by Gasteiger charge is -2.09. The number of carbonyl (C=O) groups is 2. The van der Waals surface area contributed by atoms with Crippen molar-refractivity contribution in [3.8, 4) is 0 Å². The van der Waals surface area contributed by atoms with E-state index >= 15 is 0 Å². The summed E-state index contributed by atoms with van der Waals surface area (Å²) >= 11 is 0. The van der Waals surface area contributed by atoms with E-state index in [4.69, 9.17) is 18.6 Å². The highest BCUT2D eigenvalue weighted by molar-refractivity contribution is 6.01. The monoisotopic (exact) mass is 399 g/mol. The van der Waals surface area contributed by atoms with Crippen LogP contribution >= 0.6 is 0 Å². The number of hydrogen-bond acceptors (Lipinski definition) is 6. The fourth-order valence-electron chi connectivity index (χ4n) is 3.44. The van der Waals surface area contributed by atoms with Gasteiger partial charge < -0.3 is 23.2 Å². The van der Waals surface area contributed by atoms with Crippen molar-refractivity contribution in [2.75, 3.05) is 27.4 Å². The number of nitrogens with zero attached hydrogens (tertiary/aromatic N) is 1. The van der Waals surface area contributed by atoms with E-state index in [-0.39, 0.29) is 24.8 Å². The van der Waals surface area contributed by atoms with Crippen LogP contribution in [0.25, 0.3) is 11.0 Å². The Kier molecular flexibility index (Phi) is 6.51. The van der Waals surface area contributed by atoms with Crippen molar-refractivity contribution < 1.29 is 28.2 Å². The minimum atomic E-state index is -0.685. The Bertz CT molecular complexity index is 1030. The fourth-order valence-corrected chi connectivity index (χ4v) is 3.44. The van der Waals surface area contributed by atoms with Gasteiger partial charge in [-0.15, -0.1) is 0 Å². The van der Waals surface area contributed by atoms with Crippen LogP contribution in [0, 0.1) is 13.8 Å². The third kappa shape index (κ3) is 4.26. The van der Waals surface area contributed by atoms with Gasteiger partial charge in [0.05, 0.1) is 13.2 Å². The second-order valence-electron chi connectivity index (χ2n) is 6.77. The molecule has 0 aliphatic rings. The fraction of sp³-hybridized carbons (Fsp3) is 0.364. The van der Waals surface area contributed by atoms with Crippen LogP contribution in [0.2, 0.25) is 0 Å². The molecule has 0 saturated carbocycles. The molecule has 0 aliphatic heterocycles. The standard InChI is InChI=1S/C22H25NO6/c1-14-11-17(15(2)23(14)9-10-26-3)19(24)13-28-22(25)21-18(12-27-4)16-7-5-6-8-20(16)29-21/h5-8,11H,9-10,12-13H2,1-4H3. The largest absolute Gasteiger partial charge is 0.451 e. The number of methoxy groups -OCH3 is 2. The first-order valence-corrected chi connectivity index (χ1v) is 9.33. The van der Waals surface area contributed by atoms with Crippen molar-refractivity contribution in [2.24, 2.45) is 0 Å². The summed E-state index contributed by atoms with van der Waals surface area (Å²) in [5.41, 5.74) is 3.49. The molecule has 0 radical (unpaired) electrons. The molecule has 154 valence electrons. The van der Waals surface area contributed by atoms with Crippen LogP contribution < -0.4 is 0 Å². The summed E-state index contributed by atoms with van der Waals surface area (Å²) < 4.78 is 23.3. The van der Waals surface area contributed by atoms with Crippen molar-refractivity contribution in [3.63, 3.8) is 0 Å². The summed E-state index contributed by atoms with van der Waals surface area (Å²) in [6.07, 6.45) is 0. The van der Waals surface area contributed by atoms with Gasteiger partial charge in [-0.3, -0.25) is 4.79 Å². The maximum Gasteiger partial charge on any atom is 0.375 e. The van der Waals surface area contributed by atoms with E-state index in [1.54, 1.807) is 26.4 Å². The van der Waals surface area contributed by atoms with E-state index in [0.717, 1.165) is 16.8 Å². The maximum absolute atomic E-state index is 12.6. The Hall–Kier alpha value is -2.90. The van der Waals surface area contributed by atoms with Gasteiger partial charge in [0.15, 0.2) is 6.61 Å². The second-order valence-corrected chi connectivity index (χ2v) is 6.77. The number of aromatic nitrogens is 1. The molecule has 0 unspecified atom stereocenters. The van der Waals surface area contributed by atoms with Crippen LogP contribution in [0.5, 0.6) is 0 Å². The predicted octanol–water partition coefficient (Wildman–Crippen LogP) is 3.68. The van der Waals surface area contributed by atoms with Crippen LogP contribution in [-0.4, -0.2) is 43.8 Å². The van der Waals surface area contributed by atoms with Gasteiger partial charge in [0.2, 0.25) is 11.5 Å². The number of benzene rings is 1. The minimum Gasteiger partial charge on any atom is -0.451 e. The summed E-state index contributed by atoms with van der Waals surface area (Å²) in [5, 5.41) is 0.786. The third-order valence-corrected chi connectivity index (χ3v) is 4.90. The lowest BCUT2D eigenvalue weighted by atomic mass is 10.1. The molecule has 0 aliphatic carbocycles. The number of ketones is 1. The van der Waals surface area contributed by atoms with Gasteiger partial charge in [-0.05, 0) is 26.0 Å². The Balaban J connectivity index is 1.75. The highest BCUT2D eigenvalue weighted by atomic mass is 16.5. The lowest BCUT2D eigenvalue weighted by Crippen LogP contribution is -2.16. The number of furan rings is 1. The molecule has 0 bridgehead atoms. The summed E-state index contributed by atoms with van der Waals surface area (Å²) in [7, 11) is 3.18. The lowest BCUT2D eigenvalue weighted by molar-refractivity contribution is 0.0441. The predicted molar refractivity (Wildman–Crippen MR) is 107 cm³/mol. The number of aryl methyl sites for hydroxylation is 1. The molecular formula is C22H25NO6. The third-order valence-electron chi connectivity index (χ3n) is 4.90. The SMILES string of the molecule is COCCn1c(C)cc(C(=O)COC(=O)c2oc3ccccc3c2COC)c1C. The molecule has 29 heavy (non-hydrogen) atoms. The van der Waals surface area contributed by atoms with Crippen molar-refractivity contribution >= 4 is 22.7 Å². The molecule has 7 heteroatoms. The molecule has 0 saturated heterocycles. The molecular weight excluding hydrogens is 374 g/mol. The highest BCUT2D eigenvalue weighted by Gasteiger charge is 2.23. The van der Waals surface area contributed by atoms with Gasteiger partial charge in [0.25, 0.3) is 0 Å². The first-order valence-electron chi connectivity index (χ1n) is 9.33. The summed E-state index contributed by atoms with van der Waals surface area (Å²) in [6, 6.07) is 9.10. The zero-order chi connectivity index (χ0) is 21.0. The second kappa shape index (κ2) is 9.07. The smallest absolute Gasteiger partial charge is 0.375 e. The molecule has 2 aromatic heterocycles. The van der Waals surface area contributed by atoms with E-state index < -0.39 is 5.97 Å². The Labute approximate surface area is 169 Å². The van der Waals surface area contributed by atoms with Crippen LogP contribution in [0.4, 0.5) is 0 Å². The molecule has 2 heterocycles. The normalized spacial score (nSPS) is 11.2. The van der Waals surface area contributed by atoms with Gasteiger partial charge in [0, 0.05) is 48.7 Å². The number of rotatable bonds is 9. The number of fused-ring (bicyclic) bond motifs is 1. The van der Waals surface area contributed by atoms with Crippen LogP contribution in [0.15, 0.2) is 34.7 Å². The Morgan fingerprint density at radius 3 is 2.59 bits per heavy atom. The molecule has 0 fully saturated rings. The van der Waals surface area contributed by atoms with Gasteiger partial charge >= 0.3 is 5.97 Å². The molecule has 7 nitrogen and oxygen atoms in total. The summed E-state index contributed by atoms with van der Waals surface area (Å²) in [6.45, 7) is 4.84. The van der Waals surface area contributed by atoms with Crippen molar-refractivity contribution in [2.45, 2.75) is 27.0 Å². The zero-order valence-corrected chi connectivity index (χ0v) is 17.1. The topological polar surface area (TPSA) is 79.9 Å². The van der Waals surface area contributed by atoms with Crippen LogP contribution in [-0.2, 0) is 27.4 Å². The van der Waals surface area contributed by atoms with E-state index in [0.29, 0.717) is 29.9 Å². The van der Waals surface area contributed by atoms with E-state index in [2.05, 4.69) is 0 Å². The number of carbonyl (C=O) groups excluding carboxylic acids is 2. The number of ether oxygens (including phenoxy) is 3. The molecule has 1 aromatic carbocycles. The molecule has 0 atom stereocenters. The average Bonchev–Trinajstić information content (AvgIpc) is 3.22. The van der Waals surface area contributed by atoms with Crippen LogP contribution in [0.1, 0.15) is 37.9 Å². The molecule has 3 rings (SSSR count). The molecule has 3 aromatic rings. The van der Waals surface area contributed by atoms with Gasteiger partial charge in [-0.25, -0.2) is 4.79 Å². The summed E-state index contributed by atoms with van der Waals surface area (Å²) in [5.74, 6) is -0.888. The average molecular weight is 399 g/mol. The minimum absolute atomic E-state index is 0.0615. The van der Waals surface area contributed by atoms with E-state index in [1.165, 1.54) is 0 Å². The maximum atomic E-state index is 12.6. The number of Topliss-reactive ketones (excluding diaryl/α,β-unsaturated/α-hetero) is 1. The quantitative estimate of drug-likeness (QED) is 0.403. The number of para-hydroxylation sites is 1. The Morgan fingerprint density at radius 1 is 1.10 bits per heavy atom. The molecule has 0 N–H and O–H groups in total. The van der Waals surface area contributed by atoms with E-state index in [1.807, 2.05) is 36.6 Å². The highest BCUT2D eigenvalue weighted by Crippen LogP contribution is 2.27. The van der Waals surface area contributed by atoms with Crippen molar-refractivity contribution in [1.82, 2.24) is 4.57 Å². The number of hydrogen-bond donors (Lipinski definition) is 0. The van der Waals surface area contributed by atoms with Crippen LogP contribution in [0.3, 0.4) is 0 Å². The first kappa shape index (κ1) is 20.8.